The standard InChI is InChI=1S/C16H24O5/c1-11(2)15(18)20-8-9-21-16(19)12(3)10-13-6-4-5-7-14(13)17/h10,13-14,17H,1,4-9H2,2-3H3. The maximum absolute atomic E-state index is 11.8. The summed E-state index contributed by atoms with van der Waals surface area (Å²) in [5.74, 6) is -0.921. The van der Waals surface area contributed by atoms with Crippen molar-refractivity contribution in [2.24, 2.45) is 5.92 Å². The van der Waals surface area contributed by atoms with Crippen LogP contribution in [0.2, 0.25) is 0 Å². The van der Waals surface area contributed by atoms with Gasteiger partial charge >= 0.3 is 11.9 Å². The predicted molar refractivity (Wildman–Crippen MR) is 78.5 cm³/mol. The Labute approximate surface area is 125 Å². The number of rotatable bonds is 6. The fourth-order valence-corrected chi connectivity index (χ4v) is 2.23. The maximum Gasteiger partial charge on any atom is 0.333 e. The molecule has 118 valence electrons. The molecular formula is C16H24O5. The van der Waals surface area contributed by atoms with E-state index in [2.05, 4.69) is 6.58 Å². The summed E-state index contributed by atoms with van der Waals surface area (Å²) < 4.78 is 9.84. The van der Waals surface area contributed by atoms with E-state index in [4.69, 9.17) is 9.47 Å². The van der Waals surface area contributed by atoms with Gasteiger partial charge in [-0.1, -0.05) is 25.5 Å². The summed E-state index contributed by atoms with van der Waals surface area (Å²) in [5.41, 5.74) is 0.788. The average Bonchev–Trinajstić information content (AvgIpc) is 2.45. The van der Waals surface area contributed by atoms with Crippen molar-refractivity contribution in [3.8, 4) is 0 Å². The molecule has 1 rings (SSSR count). The van der Waals surface area contributed by atoms with Crippen molar-refractivity contribution in [2.75, 3.05) is 13.2 Å². The lowest BCUT2D eigenvalue weighted by molar-refractivity contribution is -0.147. The van der Waals surface area contributed by atoms with Crippen LogP contribution in [0, 0.1) is 5.92 Å². The molecule has 2 atom stereocenters. The molecule has 0 radical (unpaired) electrons. The van der Waals surface area contributed by atoms with Gasteiger partial charge in [0.2, 0.25) is 0 Å². The molecule has 0 aromatic rings. The van der Waals surface area contributed by atoms with Crippen LogP contribution < -0.4 is 0 Å². The third-order valence-electron chi connectivity index (χ3n) is 3.47. The van der Waals surface area contributed by atoms with Crippen molar-refractivity contribution in [1.29, 1.82) is 0 Å². The van der Waals surface area contributed by atoms with Gasteiger partial charge in [0, 0.05) is 17.1 Å². The molecule has 1 fully saturated rings. The molecule has 21 heavy (non-hydrogen) atoms. The number of hydrogen-bond acceptors (Lipinski definition) is 5. The molecule has 0 aromatic carbocycles. The van der Waals surface area contributed by atoms with Crippen molar-refractivity contribution in [3.05, 3.63) is 23.8 Å². The highest BCUT2D eigenvalue weighted by Crippen LogP contribution is 2.26. The van der Waals surface area contributed by atoms with Crippen molar-refractivity contribution in [1.82, 2.24) is 0 Å². The lowest BCUT2D eigenvalue weighted by atomic mass is 9.85. The highest BCUT2D eigenvalue weighted by atomic mass is 16.6. The van der Waals surface area contributed by atoms with Crippen LogP contribution >= 0.6 is 0 Å². The highest BCUT2D eigenvalue weighted by Gasteiger charge is 2.22. The smallest absolute Gasteiger partial charge is 0.333 e. The van der Waals surface area contributed by atoms with Crippen LogP contribution in [0.15, 0.2) is 23.8 Å². The lowest BCUT2D eigenvalue weighted by Crippen LogP contribution is -2.23. The van der Waals surface area contributed by atoms with E-state index in [-0.39, 0.29) is 25.2 Å². The van der Waals surface area contributed by atoms with Gasteiger partial charge in [0.1, 0.15) is 13.2 Å². The monoisotopic (exact) mass is 296 g/mol. The van der Waals surface area contributed by atoms with Crippen LogP contribution in [0.4, 0.5) is 0 Å². The zero-order valence-corrected chi connectivity index (χ0v) is 12.8. The summed E-state index contributed by atoms with van der Waals surface area (Å²) in [6, 6.07) is 0. The van der Waals surface area contributed by atoms with Gasteiger partial charge in [-0.2, -0.15) is 0 Å². The Morgan fingerprint density at radius 1 is 1.14 bits per heavy atom. The van der Waals surface area contributed by atoms with Crippen LogP contribution in [-0.4, -0.2) is 36.4 Å². The molecule has 0 aromatic heterocycles. The molecule has 0 amide bonds. The van der Waals surface area contributed by atoms with Gasteiger partial charge in [-0.05, 0) is 26.7 Å². The van der Waals surface area contributed by atoms with Crippen molar-refractivity contribution < 1.29 is 24.2 Å². The summed E-state index contributed by atoms with van der Waals surface area (Å²) in [5, 5.41) is 9.86. The molecule has 1 aliphatic rings. The van der Waals surface area contributed by atoms with Gasteiger partial charge in [-0.3, -0.25) is 0 Å². The molecule has 0 heterocycles. The Morgan fingerprint density at radius 3 is 2.29 bits per heavy atom. The van der Waals surface area contributed by atoms with E-state index in [1.807, 2.05) is 0 Å². The topological polar surface area (TPSA) is 72.8 Å². The summed E-state index contributed by atoms with van der Waals surface area (Å²) in [6.07, 6.45) is 5.17. The van der Waals surface area contributed by atoms with E-state index >= 15 is 0 Å². The number of ether oxygens (including phenoxy) is 2. The minimum atomic E-state index is -0.497. The van der Waals surface area contributed by atoms with E-state index in [1.165, 1.54) is 0 Å². The Morgan fingerprint density at radius 2 is 1.71 bits per heavy atom. The summed E-state index contributed by atoms with van der Waals surface area (Å²) in [4.78, 5) is 22.9. The van der Waals surface area contributed by atoms with Gasteiger partial charge in [-0.15, -0.1) is 0 Å². The summed E-state index contributed by atoms with van der Waals surface area (Å²) in [7, 11) is 0. The first-order valence-corrected chi connectivity index (χ1v) is 7.28. The van der Waals surface area contributed by atoms with Crippen molar-refractivity contribution in [2.45, 2.75) is 45.6 Å². The first-order chi connectivity index (χ1) is 9.91. The van der Waals surface area contributed by atoms with Crippen molar-refractivity contribution >= 4 is 11.9 Å². The van der Waals surface area contributed by atoms with Gasteiger partial charge in [0.05, 0.1) is 6.10 Å². The van der Waals surface area contributed by atoms with Crippen LogP contribution in [-0.2, 0) is 19.1 Å². The van der Waals surface area contributed by atoms with Gasteiger partial charge in [-0.25, -0.2) is 9.59 Å². The first-order valence-electron chi connectivity index (χ1n) is 7.28. The number of carbonyl (C=O) groups is 2. The average molecular weight is 296 g/mol. The maximum atomic E-state index is 11.8. The largest absolute Gasteiger partial charge is 0.459 e. The number of aliphatic hydroxyl groups excluding tert-OH is 1. The number of carbonyl (C=O) groups excluding carboxylic acids is 2. The lowest BCUT2D eigenvalue weighted by Gasteiger charge is -2.25. The van der Waals surface area contributed by atoms with Gasteiger partial charge < -0.3 is 14.6 Å². The zero-order chi connectivity index (χ0) is 15.8. The second-order valence-electron chi connectivity index (χ2n) is 5.42. The normalized spacial score (nSPS) is 22.5. The van der Waals surface area contributed by atoms with Gasteiger partial charge in [0.25, 0.3) is 0 Å². The molecule has 1 saturated carbocycles. The Hall–Kier alpha value is -1.62. The van der Waals surface area contributed by atoms with Gasteiger partial charge in [0.15, 0.2) is 0 Å². The number of esters is 2. The van der Waals surface area contributed by atoms with E-state index < -0.39 is 11.9 Å². The summed E-state index contributed by atoms with van der Waals surface area (Å²) >= 11 is 0. The van der Waals surface area contributed by atoms with Crippen LogP contribution in [0.25, 0.3) is 0 Å². The Bertz CT molecular complexity index is 424. The minimum absolute atomic E-state index is 0.0102. The van der Waals surface area contributed by atoms with E-state index in [0.29, 0.717) is 11.1 Å². The number of hydrogen-bond donors (Lipinski definition) is 1. The van der Waals surface area contributed by atoms with Crippen LogP contribution in [0.5, 0.6) is 0 Å². The quantitative estimate of drug-likeness (QED) is 0.462. The Balaban J connectivity index is 2.33. The zero-order valence-electron chi connectivity index (χ0n) is 12.8. The SMILES string of the molecule is C=C(C)C(=O)OCCOC(=O)C(C)=CC1CCCCC1O. The molecule has 1 N–H and O–H groups in total. The molecular weight excluding hydrogens is 272 g/mol. The number of aliphatic hydroxyl groups is 1. The second kappa shape index (κ2) is 8.62. The summed E-state index contributed by atoms with van der Waals surface area (Å²) in [6.45, 7) is 6.70. The van der Waals surface area contributed by atoms with E-state index in [0.717, 1.165) is 25.7 Å². The molecule has 5 nitrogen and oxygen atoms in total. The second-order valence-corrected chi connectivity index (χ2v) is 5.42. The van der Waals surface area contributed by atoms with Crippen molar-refractivity contribution in [3.63, 3.8) is 0 Å². The van der Waals surface area contributed by atoms with Crippen LogP contribution in [0.1, 0.15) is 39.5 Å². The molecule has 0 bridgehead atoms. The molecule has 0 saturated heterocycles. The van der Waals surface area contributed by atoms with E-state index in [1.54, 1.807) is 19.9 Å². The predicted octanol–water partition coefficient (Wildman–Crippen LogP) is 2.15. The highest BCUT2D eigenvalue weighted by molar-refractivity contribution is 5.88. The minimum Gasteiger partial charge on any atom is -0.459 e. The van der Waals surface area contributed by atoms with E-state index in [9.17, 15) is 14.7 Å². The molecule has 5 heteroatoms. The fraction of sp³-hybridized carbons (Fsp3) is 0.625. The molecule has 0 spiro atoms. The Kier molecular flexibility index (Phi) is 7.15. The molecule has 1 aliphatic carbocycles. The third-order valence-corrected chi connectivity index (χ3v) is 3.47. The molecule has 0 aliphatic heterocycles. The fourth-order valence-electron chi connectivity index (χ4n) is 2.23. The van der Waals surface area contributed by atoms with Crippen LogP contribution in [0.3, 0.4) is 0 Å². The first kappa shape index (κ1) is 17.4. The third kappa shape index (κ3) is 6.12. The molecule has 2 unspecified atom stereocenters.